The molecule has 17 heavy (non-hydrogen) atoms. The molecule has 0 saturated heterocycles. The van der Waals surface area contributed by atoms with Crippen molar-refractivity contribution in [2.75, 3.05) is 18.0 Å². The van der Waals surface area contributed by atoms with E-state index in [0.29, 0.717) is 18.5 Å². The third-order valence-corrected chi connectivity index (χ3v) is 2.84. The van der Waals surface area contributed by atoms with Crippen LogP contribution in [-0.4, -0.2) is 29.9 Å². The number of carbonyl (C=O) groups excluding carboxylic acids is 1. The number of Topliss-reactive ketones (excluding diaryl/α,β-unsaturated/α-hetero) is 1. The van der Waals surface area contributed by atoms with Gasteiger partial charge in [0, 0.05) is 36.3 Å². The van der Waals surface area contributed by atoms with Crippen molar-refractivity contribution < 1.29 is 14.7 Å². The number of aliphatic carboxylic acids is 1. The van der Waals surface area contributed by atoms with Gasteiger partial charge >= 0.3 is 5.97 Å². The van der Waals surface area contributed by atoms with Gasteiger partial charge in [-0.05, 0) is 12.1 Å². The number of rotatable bonds is 3. The number of ketones is 1. The fourth-order valence-corrected chi connectivity index (χ4v) is 1.94. The minimum Gasteiger partial charge on any atom is -0.478 e. The van der Waals surface area contributed by atoms with E-state index in [1.807, 2.05) is 23.1 Å². The summed E-state index contributed by atoms with van der Waals surface area (Å²) in [5.74, 6) is -0.892. The van der Waals surface area contributed by atoms with Crippen LogP contribution in [0.3, 0.4) is 0 Å². The Morgan fingerprint density at radius 2 is 2.12 bits per heavy atom. The number of hydrogen-bond acceptors (Lipinski definition) is 3. The van der Waals surface area contributed by atoms with E-state index in [1.165, 1.54) is 0 Å². The third-order valence-electron chi connectivity index (χ3n) is 2.84. The van der Waals surface area contributed by atoms with Gasteiger partial charge in [-0.15, -0.1) is 0 Å². The Balaban J connectivity index is 2.27. The maximum atomic E-state index is 11.7. The van der Waals surface area contributed by atoms with Gasteiger partial charge in [0.25, 0.3) is 0 Å². The molecular formula is C13H13NO3. The fraction of sp³-hybridized carbons (Fsp3) is 0.231. The first-order valence-corrected chi connectivity index (χ1v) is 5.38. The molecule has 0 unspecified atom stereocenters. The van der Waals surface area contributed by atoms with Crippen LogP contribution in [0.15, 0.2) is 36.4 Å². The Bertz CT molecular complexity index is 493. The molecule has 0 fully saturated rings. The molecule has 1 aromatic rings. The molecule has 0 saturated carbocycles. The van der Waals surface area contributed by atoms with Crippen LogP contribution in [-0.2, 0) is 4.79 Å². The molecule has 4 heteroatoms. The summed E-state index contributed by atoms with van der Waals surface area (Å²) in [6.45, 7) is 4.31. The number of carboxylic acid groups (broad SMARTS) is 1. The monoisotopic (exact) mass is 231 g/mol. The van der Waals surface area contributed by atoms with Gasteiger partial charge in [0.2, 0.25) is 0 Å². The van der Waals surface area contributed by atoms with Crippen LogP contribution in [0.5, 0.6) is 0 Å². The standard InChI is InChI=1S/C13H13NO3/c1-9(13(16)17)8-14-7-6-12(15)10-4-2-3-5-11(10)14/h2-5H,1,6-8H2,(H,16,17). The summed E-state index contributed by atoms with van der Waals surface area (Å²) in [6.07, 6.45) is 0.421. The number of hydrogen-bond donors (Lipinski definition) is 1. The van der Waals surface area contributed by atoms with Crippen molar-refractivity contribution in [3.05, 3.63) is 42.0 Å². The lowest BCUT2D eigenvalue weighted by Crippen LogP contribution is -2.34. The average Bonchev–Trinajstić information content (AvgIpc) is 2.33. The lowest BCUT2D eigenvalue weighted by Gasteiger charge is -2.30. The molecule has 4 nitrogen and oxygen atoms in total. The lowest BCUT2D eigenvalue weighted by molar-refractivity contribution is -0.132. The van der Waals surface area contributed by atoms with E-state index >= 15 is 0 Å². The first kappa shape index (κ1) is 11.4. The van der Waals surface area contributed by atoms with E-state index in [0.717, 1.165) is 5.69 Å². The highest BCUT2D eigenvalue weighted by Crippen LogP contribution is 2.27. The van der Waals surface area contributed by atoms with E-state index < -0.39 is 5.97 Å². The van der Waals surface area contributed by atoms with Crippen molar-refractivity contribution in [1.82, 2.24) is 0 Å². The molecule has 0 atom stereocenters. The van der Waals surface area contributed by atoms with Crippen molar-refractivity contribution in [3.8, 4) is 0 Å². The Morgan fingerprint density at radius 1 is 1.41 bits per heavy atom. The fourth-order valence-electron chi connectivity index (χ4n) is 1.94. The molecule has 1 heterocycles. The predicted octanol–water partition coefficient (Wildman–Crippen LogP) is 1.72. The van der Waals surface area contributed by atoms with Gasteiger partial charge in [0.1, 0.15) is 0 Å². The zero-order valence-electron chi connectivity index (χ0n) is 9.35. The Hall–Kier alpha value is -2.10. The molecule has 0 aromatic heterocycles. The molecule has 0 spiro atoms. The molecule has 0 radical (unpaired) electrons. The largest absolute Gasteiger partial charge is 0.478 e. The molecule has 1 aliphatic rings. The summed E-state index contributed by atoms with van der Waals surface area (Å²) < 4.78 is 0. The van der Waals surface area contributed by atoms with E-state index in [1.54, 1.807) is 6.07 Å². The summed E-state index contributed by atoms with van der Waals surface area (Å²) in [5, 5.41) is 8.82. The Labute approximate surface area is 99.2 Å². The summed E-state index contributed by atoms with van der Waals surface area (Å²) in [7, 11) is 0. The highest BCUT2D eigenvalue weighted by atomic mass is 16.4. The smallest absolute Gasteiger partial charge is 0.332 e. The minimum absolute atomic E-state index is 0.109. The molecule has 88 valence electrons. The van der Waals surface area contributed by atoms with Crippen LogP contribution in [0.1, 0.15) is 16.8 Å². The van der Waals surface area contributed by atoms with Crippen molar-refractivity contribution in [1.29, 1.82) is 0 Å². The second-order valence-corrected chi connectivity index (χ2v) is 4.02. The zero-order chi connectivity index (χ0) is 12.4. The molecule has 0 aliphatic carbocycles. The molecule has 1 aromatic carbocycles. The van der Waals surface area contributed by atoms with Crippen molar-refractivity contribution >= 4 is 17.4 Å². The van der Waals surface area contributed by atoms with Crippen molar-refractivity contribution in [3.63, 3.8) is 0 Å². The van der Waals surface area contributed by atoms with Crippen LogP contribution < -0.4 is 4.90 Å². The van der Waals surface area contributed by atoms with Gasteiger partial charge in [-0.25, -0.2) is 4.79 Å². The van der Waals surface area contributed by atoms with Gasteiger partial charge in [-0.1, -0.05) is 18.7 Å². The number of anilines is 1. The van der Waals surface area contributed by atoms with Crippen LogP contribution in [0.4, 0.5) is 5.69 Å². The molecule has 0 amide bonds. The number of para-hydroxylation sites is 1. The van der Waals surface area contributed by atoms with Gasteiger partial charge in [0.05, 0.1) is 0 Å². The van der Waals surface area contributed by atoms with E-state index in [-0.39, 0.29) is 17.9 Å². The van der Waals surface area contributed by atoms with E-state index in [9.17, 15) is 9.59 Å². The zero-order valence-corrected chi connectivity index (χ0v) is 9.35. The molecule has 1 N–H and O–H groups in total. The number of benzene rings is 1. The van der Waals surface area contributed by atoms with Crippen LogP contribution >= 0.6 is 0 Å². The maximum absolute atomic E-state index is 11.7. The topological polar surface area (TPSA) is 57.6 Å². The third kappa shape index (κ3) is 2.20. The molecule has 1 aliphatic heterocycles. The quantitative estimate of drug-likeness (QED) is 0.805. The van der Waals surface area contributed by atoms with E-state index in [4.69, 9.17) is 5.11 Å². The van der Waals surface area contributed by atoms with Gasteiger partial charge in [0.15, 0.2) is 5.78 Å². The van der Waals surface area contributed by atoms with Crippen molar-refractivity contribution in [2.24, 2.45) is 0 Å². The molecule has 0 bridgehead atoms. The Morgan fingerprint density at radius 3 is 2.82 bits per heavy atom. The molecule has 2 rings (SSSR count). The van der Waals surface area contributed by atoms with Crippen LogP contribution in [0, 0.1) is 0 Å². The second-order valence-electron chi connectivity index (χ2n) is 4.02. The highest BCUT2D eigenvalue weighted by molar-refractivity contribution is 6.03. The number of carboxylic acids is 1. The number of nitrogens with zero attached hydrogens (tertiary/aromatic N) is 1. The highest BCUT2D eigenvalue weighted by Gasteiger charge is 2.23. The predicted molar refractivity (Wildman–Crippen MR) is 64.4 cm³/mol. The van der Waals surface area contributed by atoms with Gasteiger partial charge in [-0.3, -0.25) is 4.79 Å². The maximum Gasteiger partial charge on any atom is 0.332 e. The van der Waals surface area contributed by atoms with E-state index in [2.05, 4.69) is 6.58 Å². The molecular weight excluding hydrogens is 218 g/mol. The summed E-state index contributed by atoms with van der Waals surface area (Å²) >= 11 is 0. The number of carbonyl (C=O) groups is 2. The van der Waals surface area contributed by atoms with Crippen LogP contribution in [0.2, 0.25) is 0 Å². The van der Waals surface area contributed by atoms with Gasteiger partial charge < -0.3 is 10.0 Å². The SMILES string of the molecule is C=C(CN1CCC(=O)c2ccccc21)C(=O)O. The Kier molecular flexibility index (Phi) is 2.95. The van der Waals surface area contributed by atoms with Crippen LogP contribution in [0.25, 0.3) is 0 Å². The van der Waals surface area contributed by atoms with Crippen molar-refractivity contribution in [2.45, 2.75) is 6.42 Å². The lowest BCUT2D eigenvalue weighted by atomic mass is 10.00. The normalized spacial score (nSPS) is 14.4. The minimum atomic E-state index is -1.00. The number of fused-ring (bicyclic) bond motifs is 1. The summed E-state index contributed by atoms with van der Waals surface area (Å²) in [6, 6.07) is 7.26. The summed E-state index contributed by atoms with van der Waals surface area (Å²) in [4.78, 5) is 24.3. The first-order chi connectivity index (χ1) is 8.09. The first-order valence-electron chi connectivity index (χ1n) is 5.38. The second kappa shape index (κ2) is 4.41. The average molecular weight is 231 g/mol. The summed E-state index contributed by atoms with van der Waals surface area (Å²) in [5.41, 5.74) is 1.59. The van der Waals surface area contributed by atoms with Gasteiger partial charge in [-0.2, -0.15) is 0 Å².